The lowest BCUT2D eigenvalue weighted by molar-refractivity contribution is 0.102. The molecular weight excluding hydrogens is 288 g/mol. The number of piperidine rings is 1. The highest BCUT2D eigenvalue weighted by Crippen LogP contribution is 2.22. The van der Waals surface area contributed by atoms with Crippen molar-refractivity contribution in [1.82, 2.24) is 4.98 Å². The summed E-state index contributed by atoms with van der Waals surface area (Å²) in [5.74, 6) is 0.549. The maximum absolute atomic E-state index is 12.3. The molecule has 2 heterocycles. The van der Waals surface area contributed by atoms with Gasteiger partial charge in [-0.2, -0.15) is 0 Å². The van der Waals surface area contributed by atoms with Gasteiger partial charge in [0.15, 0.2) is 0 Å². The van der Waals surface area contributed by atoms with Gasteiger partial charge < -0.3 is 15.5 Å². The number of amides is 1. The second-order valence-electron chi connectivity index (χ2n) is 5.73. The van der Waals surface area contributed by atoms with E-state index in [4.69, 9.17) is 0 Å². The van der Waals surface area contributed by atoms with Crippen molar-refractivity contribution in [3.8, 4) is 0 Å². The summed E-state index contributed by atoms with van der Waals surface area (Å²) in [4.78, 5) is 18.8. The van der Waals surface area contributed by atoms with E-state index in [1.807, 2.05) is 12.1 Å². The molecule has 1 aromatic carbocycles. The van der Waals surface area contributed by atoms with Crippen LogP contribution in [-0.4, -0.2) is 31.0 Å². The number of anilines is 3. The van der Waals surface area contributed by atoms with Crippen LogP contribution >= 0.6 is 0 Å². The van der Waals surface area contributed by atoms with Crippen molar-refractivity contribution >= 4 is 23.1 Å². The third kappa shape index (κ3) is 3.80. The first-order chi connectivity index (χ1) is 11.3. The minimum Gasteiger partial charge on any atom is -0.373 e. The molecule has 0 atom stereocenters. The molecule has 5 heteroatoms. The predicted octanol–water partition coefficient (Wildman–Crippen LogP) is 3.37. The van der Waals surface area contributed by atoms with Gasteiger partial charge >= 0.3 is 0 Å². The van der Waals surface area contributed by atoms with E-state index in [-0.39, 0.29) is 5.91 Å². The highest BCUT2D eigenvalue weighted by atomic mass is 16.1. The predicted molar refractivity (Wildman–Crippen MR) is 94.2 cm³/mol. The molecular formula is C18H22N4O. The third-order valence-corrected chi connectivity index (χ3v) is 4.12. The van der Waals surface area contributed by atoms with Crippen molar-refractivity contribution in [1.29, 1.82) is 0 Å². The lowest BCUT2D eigenvalue weighted by Gasteiger charge is -2.28. The van der Waals surface area contributed by atoms with Crippen molar-refractivity contribution < 1.29 is 4.79 Å². The Hall–Kier alpha value is -2.56. The van der Waals surface area contributed by atoms with Crippen LogP contribution in [0.4, 0.5) is 17.2 Å². The Balaban J connectivity index is 1.66. The SMILES string of the molecule is CNc1cc(C(=O)Nc2ccc(N3CCCCC3)cc2)ccn1. The fourth-order valence-electron chi connectivity index (χ4n) is 2.82. The molecule has 120 valence electrons. The van der Waals surface area contributed by atoms with Crippen molar-refractivity contribution in [2.75, 3.05) is 35.7 Å². The average Bonchev–Trinajstić information content (AvgIpc) is 2.63. The molecule has 1 saturated heterocycles. The number of carbonyl (C=O) groups is 1. The summed E-state index contributed by atoms with van der Waals surface area (Å²) in [6.45, 7) is 2.24. The molecule has 0 unspecified atom stereocenters. The van der Waals surface area contributed by atoms with Crippen LogP contribution < -0.4 is 15.5 Å². The molecule has 23 heavy (non-hydrogen) atoms. The van der Waals surface area contributed by atoms with Crippen LogP contribution in [0.25, 0.3) is 0 Å². The average molecular weight is 310 g/mol. The van der Waals surface area contributed by atoms with E-state index in [2.05, 4.69) is 32.7 Å². The molecule has 3 rings (SSSR count). The van der Waals surface area contributed by atoms with E-state index < -0.39 is 0 Å². The summed E-state index contributed by atoms with van der Waals surface area (Å²) >= 11 is 0. The summed E-state index contributed by atoms with van der Waals surface area (Å²) in [5.41, 5.74) is 2.62. The summed E-state index contributed by atoms with van der Waals surface area (Å²) in [6.07, 6.45) is 5.47. The topological polar surface area (TPSA) is 57.3 Å². The lowest BCUT2D eigenvalue weighted by Crippen LogP contribution is -2.29. The molecule has 0 spiro atoms. The van der Waals surface area contributed by atoms with E-state index in [0.29, 0.717) is 11.4 Å². The number of carbonyl (C=O) groups excluding carboxylic acids is 1. The zero-order valence-corrected chi connectivity index (χ0v) is 13.4. The minimum absolute atomic E-state index is 0.130. The van der Waals surface area contributed by atoms with Gasteiger partial charge in [0.05, 0.1) is 0 Å². The van der Waals surface area contributed by atoms with Gasteiger partial charge in [-0.1, -0.05) is 0 Å². The Labute approximate surface area is 136 Å². The smallest absolute Gasteiger partial charge is 0.255 e. The molecule has 0 saturated carbocycles. The number of nitrogens with one attached hydrogen (secondary N) is 2. The normalized spacial score (nSPS) is 14.4. The third-order valence-electron chi connectivity index (χ3n) is 4.12. The summed E-state index contributed by atoms with van der Waals surface area (Å²) < 4.78 is 0. The van der Waals surface area contributed by atoms with Gasteiger partial charge in [0.25, 0.3) is 5.91 Å². The van der Waals surface area contributed by atoms with Crippen LogP contribution in [0, 0.1) is 0 Å². The van der Waals surface area contributed by atoms with Crippen molar-refractivity contribution in [3.63, 3.8) is 0 Å². The van der Waals surface area contributed by atoms with Gasteiger partial charge in [-0.15, -0.1) is 0 Å². The number of aromatic nitrogens is 1. The zero-order chi connectivity index (χ0) is 16.1. The maximum atomic E-state index is 12.3. The van der Waals surface area contributed by atoms with E-state index in [1.165, 1.54) is 24.9 Å². The fraction of sp³-hybridized carbons (Fsp3) is 0.333. The standard InChI is InChI=1S/C18H22N4O/c1-19-17-13-14(9-10-20-17)18(23)21-15-5-7-16(8-6-15)22-11-3-2-4-12-22/h5-10,13H,2-4,11-12H2,1H3,(H,19,20)(H,21,23). The number of pyridine rings is 1. The second-order valence-corrected chi connectivity index (χ2v) is 5.73. The van der Waals surface area contributed by atoms with Crippen molar-refractivity contribution in [3.05, 3.63) is 48.2 Å². The van der Waals surface area contributed by atoms with Gasteiger partial charge in [0, 0.05) is 43.3 Å². The van der Waals surface area contributed by atoms with Crippen molar-refractivity contribution in [2.24, 2.45) is 0 Å². The Morgan fingerprint density at radius 1 is 1.09 bits per heavy atom. The first-order valence-corrected chi connectivity index (χ1v) is 8.06. The Morgan fingerprint density at radius 3 is 2.52 bits per heavy atom. The maximum Gasteiger partial charge on any atom is 0.255 e. The van der Waals surface area contributed by atoms with Crippen LogP contribution in [0.1, 0.15) is 29.6 Å². The van der Waals surface area contributed by atoms with E-state index >= 15 is 0 Å². The quantitative estimate of drug-likeness (QED) is 0.909. The fourth-order valence-corrected chi connectivity index (χ4v) is 2.82. The van der Waals surface area contributed by atoms with Crippen LogP contribution in [0.3, 0.4) is 0 Å². The first-order valence-electron chi connectivity index (χ1n) is 8.06. The highest BCUT2D eigenvalue weighted by molar-refractivity contribution is 6.04. The van der Waals surface area contributed by atoms with E-state index in [0.717, 1.165) is 18.8 Å². The molecule has 5 nitrogen and oxygen atoms in total. The van der Waals surface area contributed by atoms with E-state index in [9.17, 15) is 4.79 Å². The summed E-state index contributed by atoms with van der Waals surface area (Å²) in [5, 5.41) is 5.86. The van der Waals surface area contributed by atoms with Crippen molar-refractivity contribution in [2.45, 2.75) is 19.3 Å². The minimum atomic E-state index is -0.130. The molecule has 1 aliphatic rings. The molecule has 1 aliphatic heterocycles. The van der Waals surface area contributed by atoms with Gasteiger partial charge in [0.2, 0.25) is 0 Å². The lowest BCUT2D eigenvalue weighted by atomic mass is 10.1. The molecule has 1 fully saturated rings. The van der Waals surface area contributed by atoms with Crippen LogP contribution in [-0.2, 0) is 0 Å². The molecule has 2 aromatic rings. The first kappa shape index (κ1) is 15.3. The Bertz CT molecular complexity index is 663. The monoisotopic (exact) mass is 310 g/mol. The Kier molecular flexibility index (Phi) is 4.76. The van der Waals surface area contributed by atoms with E-state index in [1.54, 1.807) is 25.4 Å². The number of benzene rings is 1. The number of rotatable bonds is 4. The highest BCUT2D eigenvalue weighted by Gasteiger charge is 2.11. The largest absolute Gasteiger partial charge is 0.373 e. The molecule has 0 bridgehead atoms. The zero-order valence-electron chi connectivity index (χ0n) is 13.4. The number of hydrogen-bond acceptors (Lipinski definition) is 4. The number of nitrogens with zero attached hydrogens (tertiary/aromatic N) is 2. The number of hydrogen-bond donors (Lipinski definition) is 2. The summed E-state index contributed by atoms with van der Waals surface area (Å²) in [6, 6.07) is 11.5. The molecule has 0 radical (unpaired) electrons. The molecule has 2 N–H and O–H groups in total. The van der Waals surface area contributed by atoms with Crippen LogP contribution in [0.5, 0.6) is 0 Å². The second kappa shape index (κ2) is 7.13. The molecule has 1 amide bonds. The van der Waals surface area contributed by atoms with Crippen LogP contribution in [0.2, 0.25) is 0 Å². The van der Waals surface area contributed by atoms with Gasteiger partial charge in [-0.25, -0.2) is 4.98 Å². The molecule has 0 aliphatic carbocycles. The van der Waals surface area contributed by atoms with Crippen LogP contribution in [0.15, 0.2) is 42.6 Å². The van der Waals surface area contributed by atoms with Gasteiger partial charge in [-0.05, 0) is 55.7 Å². The van der Waals surface area contributed by atoms with Gasteiger partial charge in [0.1, 0.15) is 5.82 Å². The Morgan fingerprint density at radius 2 is 1.83 bits per heavy atom. The van der Waals surface area contributed by atoms with Gasteiger partial charge in [-0.3, -0.25) is 4.79 Å². The molecule has 1 aromatic heterocycles. The summed E-state index contributed by atoms with van der Waals surface area (Å²) in [7, 11) is 1.78.